The maximum absolute atomic E-state index is 13.5. The number of nitrogens with two attached hydrogens (primary N) is 1. The number of rotatable bonds is 4. The molecular weight excluding hydrogens is 345 g/mol. The molecule has 2 rings (SSSR count). The molecule has 3 nitrogen and oxygen atoms in total. The SMILES string of the molecule is CCc1nn(C)c(CC(N)c2cccc(F)c2Cl)c1Br. The Balaban J connectivity index is 2.30. The van der Waals surface area contributed by atoms with E-state index in [2.05, 4.69) is 21.0 Å². The third-order valence-electron chi connectivity index (χ3n) is 3.30. The summed E-state index contributed by atoms with van der Waals surface area (Å²) in [6.45, 7) is 2.04. The molecule has 0 aliphatic rings. The van der Waals surface area contributed by atoms with E-state index in [0.29, 0.717) is 12.0 Å². The molecule has 1 aromatic carbocycles. The van der Waals surface area contributed by atoms with Gasteiger partial charge in [-0.05, 0) is 34.0 Å². The zero-order chi connectivity index (χ0) is 14.9. The van der Waals surface area contributed by atoms with Crippen molar-refractivity contribution in [2.75, 3.05) is 0 Å². The van der Waals surface area contributed by atoms with Gasteiger partial charge in [-0.1, -0.05) is 30.7 Å². The van der Waals surface area contributed by atoms with Gasteiger partial charge in [-0.2, -0.15) is 5.10 Å². The van der Waals surface area contributed by atoms with E-state index in [9.17, 15) is 4.39 Å². The summed E-state index contributed by atoms with van der Waals surface area (Å²) in [6.07, 6.45) is 1.37. The molecule has 0 saturated heterocycles. The number of hydrogen-bond acceptors (Lipinski definition) is 2. The summed E-state index contributed by atoms with van der Waals surface area (Å²) in [6, 6.07) is 4.32. The maximum Gasteiger partial charge on any atom is 0.142 e. The summed E-state index contributed by atoms with van der Waals surface area (Å²) in [7, 11) is 1.87. The van der Waals surface area contributed by atoms with Crippen LogP contribution in [0.3, 0.4) is 0 Å². The van der Waals surface area contributed by atoms with Crippen molar-refractivity contribution >= 4 is 27.5 Å². The molecule has 0 amide bonds. The Morgan fingerprint density at radius 1 is 1.50 bits per heavy atom. The second-order valence-corrected chi connectivity index (χ2v) is 5.81. The van der Waals surface area contributed by atoms with Gasteiger partial charge in [0.05, 0.1) is 20.9 Å². The number of nitrogens with zero attached hydrogens (tertiary/aromatic N) is 2. The topological polar surface area (TPSA) is 43.8 Å². The fourth-order valence-electron chi connectivity index (χ4n) is 2.17. The molecule has 0 fully saturated rings. The Morgan fingerprint density at radius 3 is 2.80 bits per heavy atom. The minimum absolute atomic E-state index is 0.0917. The van der Waals surface area contributed by atoms with Gasteiger partial charge >= 0.3 is 0 Å². The molecule has 1 unspecified atom stereocenters. The normalized spacial score (nSPS) is 12.7. The van der Waals surface area contributed by atoms with E-state index in [1.165, 1.54) is 6.07 Å². The van der Waals surface area contributed by atoms with Crippen LogP contribution in [0.15, 0.2) is 22.7 Å². The molecular formula is C14H16BrClFN3. The molecule has 0 bridgehead atoms. The molecule has 0 saturated carbocycles. The monoisotopic (exact) mass is 359 g/mol. The summed E-state index contributed by atoms with van der Waals surface area (Å²) >= 11 is 9.53. The van der Waals surface area contributed by atoms with Crippen LogP contribution in [0, 0.1) is 5.82 Å². The summed E-state index contributed by atoms with van der Waals surface area (Å²) in [5.41, 5.74) is 8.75. The summed E-state index contributed by atoms with van der Waals surface area (Å²) < 4.78 is 16.2. The van der Waals surface area contributed by atoms with Crippen molar-refractivity contribution in [1.29, 1.82) is 0 Å². The molecule has 20 heavy (non-hydrogen) atoms. The predicted octanol–water partition coefficient (Wildman–Crippen LogP) is 3.78. The highest BCUT2D eigenvalue weighted by molar-refractivity contribution is 9.10. The quantitative estimate of drug-likeness (QED) is 0.902. The molecule has 1 atom stereocenters. The molecule has 0 radical (unpaired) electrons. The van der Waals surface area contributed by atoms with Crippen molar-refractivity contribution in [3.8, 4) is 0 Å². The average molecular weight is 361 g/mol. The first-order chi connectivity index (χ1) is 9.45. The molecule has 1 aromatic heterocycles. The van der Waals surface area contributed by atoms with Gasteiger partial charge in [-0.3, -0.25) is 4.68 Å². The lowest BCUT2D eigenvalue weighted by atomic mass is 10.0. The van der Waals surface area contributed by atoms with Gasteiger partial charge in [0, 0.05) is 19.5 Å². The van der Waals surface area contributed by atoms with Crippen LogP contribution in [-0.2, 0) is 19.9 Å². The van der Waals surface area contributed by atoms with Crippen molar-refractivity contribution in [3.63, 3.8) is 0 Å². The Labute approximate surface area is 131 Å². The molecule has 1 heterocycles. The van der Waals surface area contributed by atoms with Gasteiger partial charge in [0.1, 0.15) is 5.82 Å². The third kappa shape index (κ3) is 2.90. The molecule has 108 valence electrons. The minimum Gasteiger partial charge on any atom is -0.324 e. The minimum atomic E-state index is -0.446. The van der Waals surface area contributed by atoms with Crippen LogP contribution in [0.1, 0.15) is 29.9 Å². The van der Waals surface area contributed by atoms with Gasteiger partial charge in [0.2, 0.25) is 0 Å². The van der Waals surface area contributed by atoms with Gasteiger partial charge < -0.3 is 5.73 Å². The number of hydrogen-bond donors (Lipinski definition) is 1. The Kier molecular flexibility index (Phi) is 4.83. The van der Waals surface area contributed by atoms with E-state index in [-0.39, 0.29) is 11.1 Å². The molecule has 2 aromatic rings. The molecule has 0 aliphatic carbocycles. The van der Waals surface area contributed by atoms with Crippen molar-refractivity contribution in [3.05, 3.63) is 50.5 Å². The van der Waals surface area contributed by atoms with Gasteiger partial charge in [-0.15, -0.1) is 0 Å². The second-order valence-electron chi connectivity index (χ2n) is 4.64. The molecule has 0 aliphatic heterocycles. The van der Waals surface area contributed by atoms with Crippen molar-refractivity contribution in [2.24, 2.45) is 12.8 Å². The van der Waals surface area contributed by atoms with Gasteiger partial charge in [0.25, 0.3) is 0 Å². The fraction of sp³-hybridized carbons (Fsp3) is 0.357. The number of aryl methyl sites for hydroxylation is 2. The standard InChI is InChI=1S/C14H16BrClFN3/c1-3-11-13(15)12(20(2)19-11)7-10(18)8-5-4-6-9(17)14(8)16/h4-6,10H,3,7,18H2,1-2H3. The van der Waals surface area contributed by atoms with Crippen LogP contribution in [0.4, 0.5) is 4.39 Å². The Bertz CT molecular complexity index is 627. The van der Waals surface area contributed by atoms with Gasteiger partial charge in [-0.25, -0.2) is 4.39 Å². The van der Waals surface area contributed by atoms with E-state index < -0.39 is 5.82 Å². The highest BCUT2D eigenvalue weighted by Gasteiger charge is 2.19. The lowest BCUT2D eigenvalue weighted by molar-refractivity contribution is 0.610. The van der Waals surface area contributed by atoms with Crippen molar-refractivity contribution < 1.29 is 4.39 Å². The zero-order valence-electron chi connectivity index (χ0n) is 11.3. The molecule has 0 spiro atoms. The molecule has 2 N–H and O–H groups in total. The fourth-order valence-corrected chi connectivity index (χ4v) is 3.21. The molecule has 6 heteroatoms. The summed E-state index contributed by atoms with van der Waals surface area (Å²) in [5, 5.41) is 4.51. The maximum atomic E-state index is 13.5. The van der Waals surface area contributed by atoms with Crippen LogP contribution in [0.2, 0.25) is 5.02 Å². The van der Waals surface area contributed by atoms with Crippen molar-refractivity contribution in [1.82, 2.24) is 9.78 Å². The lowest BCUT2D eigenvalue weighted by Gasteiger charge is -2.14. The average Bonchev–Trinajstić information content (AvgIpc) is 2.69. The van der Waals surface area contributed by atoms with Crippen LogP contribution >= 0.6 is 27.5 Å². The van der Waals surface area contributed by atoms with E-state index in [1.807, 2.05) is 14.0 Å². The Morgan fingerprint density at radius 2 is 2.20 bits per heavy atom. The van der Waals surface area contributed by atoms with Crippen LogP contribution in [0.5, 0.6) is 0 Å². The van der Waals surface area contributed by atoms with Gasteiger partial charge in [0.15, 0.2) is 0 Å². The first-order valence-corrected chi connectivity index (χ1v) is 7.52. The largest absolute Gasteiger partial charge is 0.324 e. The predicted molar refractivity (Wildman–Crippen MR) is 82.3 cm³/mol. The van der Waals surface area contributed by atoms with E-state index in [0.717, 1.165) is 22.3 Å². The number of halogens is 3. The van der Waals surface area contributed by atoms with Crippen LogP contribution in [-0.4, -0.2) is 9.78 Å². The van der Waals surface area contributed by atoms with Crippen LogP contribution in [0.25, 0.3) is 0 Å². The summed E-state index contributed by atoms with van der Waals surface area (Å²) in [5.74, 6) is -0.446. The number of aromatic nitrogens is 2. The second kappa shape index (κ2) is 6.24. The first-order valence-electron chi connectivity index (χ1n) is 6.35. The lowest BCUT2D eigenvalue weighted by Crippen LogP contribution is -2.16. The summed E-state index contributed by atoms with van der Waals surface area (Å²) in [4.78, 5) is 0. The highest BCUT2D eigenvalue weighted by atomic mass is 79.9. The van der Waals surface area contributed by atoms with E-state index in [4.69, 9.17) is 17.3 Å². The van der Waals surface area contributed by atoms with Crippen LogP contribution < -0.4 is 5.73 Å². The smallest absolute Gasteiger partial charge is 0.142 e. The van der Waals surface area contributed by atoms with Crippen molar-refractivity contribution in [2.45, 2.75) is 25.8 Å². The number of benzene rings is 1. The Hall–Kier alpha value is -0.910. The first kappa shape index (κ1) is 15.5. The zero-order valence-corrected chi connectivity index (χ0v) is 13.7. The third-order valence-corrected chi connectivity index (χ3v) is 4.61. The van der Waals surface area contributed by atoms with E-state index >= 15 is 0 Å². The van der Waals surface area contributed by atoms with E-state index in [1.54, 1.807) is 16.8 Å². The highest BCUT2D eigenvalue weighted by Crippen LogP contribution is 2.29.